The number of hydrogen-bond acceptors (Lipinski definition) is 4. The molecule has 0 aliphatic carbocycles. The second-order valence-electron chi connectivity index (χ2n) is 4.63. The summed E-state index contributed by atoms with van der Waals surface area (Å²) in [5.41, 5.74) is -2.80. The SMILES string of the molecule is N#CC(C#N)(Cc1cnc(C(F)(F)F)nc1)CC(F)(F)C(F)F. The molecule has 0 atom stereocenters. The molecule has 0 aliphatic heterocycles. The molecule has 0 unspecified atom stereocenters. The Balaban J connectivity index is 3.06. The van der Waals surface area contributed by atoms with Crippen LogP contribution >= 0.6 is 0 Å². The van der Waals surface area contributed by atoms with Crippen molar-refractivity contribution in [2.75, 3.05) is 0 Å². The number of hydrogen-bond donors (Lipinski definition) is 0. The Morgan fingerprint density at radius 3 is 1.83 bits per heavy atom. The molecule has 0 saturated carbocycles. The summed E-state index contributed by atoms with van der Waals surface area (Å²) in [5, 5.41) is 17.8. The van der Waals surface area contributed by atoms with Crippen LogP contribution in [0.2, 0.25) is 0 Å². The minimum absolute atomic E-state index is 0.244. The molecule has 0 amide bonds. The van der Waals surface area contributed by atoms with Gasteiger partial charge in [0, 0.05) is 25.2 Å². The quantitative estimate of drug-likeness (QED) is 0.771. The summed E-state index contributed by atoms with van der Waals surface area (Å²) in [5.74, 6) is -6.10. The first-order valence-electron chi connectivity index (χ1n) is 5.82. The van der Waals surface area contributed by atoms with Crippen molar-refractivity contribution in [2.24, 2.45) is 5.41 Å². The topological polar surface area (TPSA) is 73.4 Å². The fourth-order valence-electron chi connectivity index (χ4n) is 1.67. The standard InChI is InChI=1S/C12H7F7N4/c13-8(14)11(15,16)4-10(5-20,6-21)1-7-2-22-9(23-3-7)12(17,18)19/h2-3,8H,1,4H2. The van der Waals surface area contributed by atoms with E-state index in [2.05, 4.69) is 9.97 Å². The zero-order valence-corrected chi connectivity index (χ0v) is 11.1. The van der Waals surface area contributed by atoms with Crippen molar-refractivity contribution in [3.63, 3.8) is 0 Å². The Labute approximate surface area is 125 Å². The van der Waals surface area contributed by atoms with Crippen LogP contribution in [0.4, 0.5) is 30.7 Å². The Kier molecular flexibility index (Phi) is 5.15. The van der Waals surface area contributed by atoms with Crippen LogP contribution in [-0.4, -0.2) is 22.3 Å². The lowest BCUT2D eigenvalue weighted by Gasteiger charge is -2.24. The lowest BCUT2D eigenvalue weighted by molar-refractivity contribution is -0.145. The summed E-state index contributed by atoms with van der Waals surface area (Å²) in [6.07, 6.45) is -10.3. The van der Waals surface area contributed by atoms with Crippen LogP contribution in [0.1, 0.15) is 17.8 Å². The Bertz CT molecular complexity index is 611. The predicted octanol–water partition coefficient (Wildman–Crippen LogP) is 3.36. The molecule has 0 fully saturated rings. The molecular formula is C12H7F7N4. The maximum absolute atomic E-state index is 13.1. The third kappa shape index (κ3) is 4.52. The van der Waals surface area contributed by atoms with Gasteiger partial charge in [-0.25, -0.2) is 27.5 Å². The maximum atomic E-state index is 13.1. The molecule has 1 rings (SSSR count). The first-order valence-corrected chi connectivity index (χ1v) is 5.82. The van der Waals surface area contributed by atoms with E-state index in [1.54, 1.807) is 0 Å². The zero-order chi connectivity index (χ0) is 17.9. The number of aromatic nitrogens is 2. The van der Waals surface area contributed by atoms with Crippen LogP contribution < -0.4 is 0 Å². The van der Waals surface area contributed by atoms with Gasteiger partial charge in [-0.3, -0.25) is 0 Å². The molecule has 0 aromatic carbocycles. The van der Waals surface area contributed by atoms with Crippen molar-refractivity contribution in [3.8, 4) is 12.1 Å². The fourth-order valence-corrected chi connectivity index (χ4v) is 1.67. The van der Waals surface area contributed by atoms with Crippen LogP contribution in [0, 0.1) is 28.1 Å². The summed E-state index contributed by atoms with van der Waals surface area (Å²) < 4.78 is 87.5. The van der Waals surface area contributed by atoms with Gasteiger partial charge in [0.05, 0.1) is 12.1 Å². The van der Waals surface area contributed by atoms with E-state index in [0.717, 1.165) is 0 Å². The van der Waals surface area contributed by atoms with E-state index in [1.807, 2.05) is 0 Å². The Hall–Kier alpha value is -2.43. The zero-order valence-electron chi connectivity index (χ0n) is 11.1. The van der Waals surface area contributed by atoms with Gasteiger partial charge in [0.1, 0.15) is 0 Å². The average molecular weight is 340 g/mol. The molecular weight excluding hydrogens is 333 g/mol. The van der Waals surface area contributed by atoms with Gasteiger partial charge < -0.3 is 0 Å². The highest BCUT2D eigenvalue weighted by Gasteiger charge is 2.49. The third-order valence-electron chi connectivity index (χ3n) is 2.75. The van der Waals surface area contributed by atoms with Crippen molar-refractivity contribution in [2.45, 2.75) is 31.4 Å². The highest BCUT2D eigenvalue weighted by molar-refractivity contribution is 5.22. The van der Waals surface area contributed by atoms with Crippen molar-refractivity contribution >= 4 is 0 Å². The summed E-state index contributed by atoms with van der Waals surface area (Å²) in [6, 6.07) is 2.43. The maximum Gasteiger partial charge on any atom is 0.451 e. The first kappa shape index (κ1) is 18.6. The van der Waals surface area contributed by atoms with Gasteiger partial charge in [-0.15, -0.1) is 0 Å². The predicted molar refractivity (Wildman–Crippen MR) is 60.0 cm³/mol. The minimum Gasteiger partial charge on any atom is -0.233 e. The van der Waals surface area contributed by atoms with Crippen LogP contribution in [0.15, 0.2) is 12.4 Å². The molecule has 1 heterocycles. The number of halogens is 7. The van der Waals surface area contributed by atoms with Crippen molar-refractivity contribution < 1.29 is 30.7 Å². The van der Waals surface area contributed by atoms with Gasteiger partial charge in [-0.05, 0) is 5.56 Å². The van der Waals surface area contributed by atoms with E-state index in [0.29, 0.717) is 12.4 Å². The van der Waals surface area contributed by atoms with E-state index in [1.165, 1.54) is 12.1 Å². The fraction of sp³-hybridized carbons (Fsp3) is 0.500. The van der Waals surface area contributed by atoms with Gasteiger partial charge in [0.15, 0.2) is 5.41 Å². The first-order chi connectivity index (χ1) is 10.5. The van der Waals surface area contributed by atoms with Crippen molar-refractivity contribution in [1.82, 2.24) is 9.97 Å². The van der Waals surface area contributed by atoms with Crippen LogP contribution in [0.3, 0.4) is 0 Å². The summed E-state index contributed by atoms with van der Waals surface area (Å²) in [6.45, 7) is 0. The molecule has 0 bridgehead atoms. The van der Waals surface area contributed by atoms with E-state index in [9.17, 15) is 30.7 Å². The molecule has 0 N–H and O–H groups in total. The smallest absolute Gasteiger partial charge is 0.233 e. The molecule has 1 aromatic heterocycles. The van der Waals surface area contributed by atoms with E-state index < -0.39 is 42.6 Å². The Morgan fingerprint density at radius 2 is 1.48 bits per heavy atom. The molecule has 23 heavy (non-hydrogen) atoms. The molecule has 0 radical (unpaired) electrons. The average Bonchev–Trinajstić information content (AvgIpc) is 2.45. The number of nitrogens with zero attached hydrogens (tertiary/aromatic N) is 4. The summed E-state index contributed by atoms with van der Waals surface area (Å²) >= 11 is 0. The number of nitriles is 2. The summed E-state index contributed by atoms with van der Waals surface area (Å²) in [7, 11) is 0. The van der Waals surface area contributed by atoms with Crippen molar-refractivity contribution in [1.29, 1.82) is 10.5 Å². The lowest BCUT2D eigenvalue weighted by Crippen LogP contribution is -2.35. The number of rotatable bonds is 5. The van der Waals surface area contributed by atoms with E-state index in [-0.39, 0.29) is 5.56 Å². The van der Waals surface area contributed by atoms with Gasteiger partial charge >= 0.3 is 18.5 Å². The molecule has 4 nitrogen and oxygen atoms in total. The number of alkyl halides is 7. The third-order valence-corrected chi connectivity index (χ3v) is 2.75. The molecule has 11 heteroatoms. The Morgan fingerprint density at radius 1 is 1.00 bits per heavy atom. The van der Waals surface area contributed by atoms with E-state index >= 15 is 0 Å². The second kappa shape index (κ2) is 6.36. The monoisotopic (exact) mass is 340 g/mol. The van der Waals surface area contributed by atoms with Gasteiger partial charge in [-0.1, -0.05) is 0 Å². The molecule has 0 aliphatic rings. The van der Waals surface area contributed by atoms with Gasteiger partial charge in [-0.2, -0.15) is 23.7 Å². The molecule has 0 spiro atoms. The normalized spacial score (nSPS) is 12.8. The largest absolute Gasteiger partial charge is 0.451 e. The molecule has 124 valence electrons. The highest BCUT2D eigenvalue weighted by atomic mass is 19.4. The summed E-state index contributed by atoms with van der Waals surface area (Å²) in [4.78, 5) is 5.89. The van der Waals surface area contributed by atoms with Gasteiger partial charge in [0.2, 0.25) is 5.82 Å². The van der Waals surface area contributed by atoms with Gasteiger partial charge in [0.25, 0.3) is 0 Å². The van der Waals surface area contributed by atoms with Crippen molar-refractivity contribution in [3.05, 3.63) is 23.8 Å². The van der Waals surface area contributed by atoms with Crippen LogP contribution in [0.25, 0.3) is 0 Å². The molecule has 0 saturated heterocycles. The van der Waals surface area contributed by atoms with Crippen LogP contribution in [-0.2, 0) is 12.6 Å². The minimum atomic E-state index is -4.83. The van der Waals surface area contributed by atoms with E-state index in [4.69, 9.17) is 10.5 Å². The molecule has 1 aromatic rings. The van der Waals surface area contributed by atoms with Crippen LogP contribution in [0.5, 0.6) is 0 Å². The lowest BCUT2D eigenvalue weighted by atomic mass is 9.80. The second-order valence-corrected chi connectivity index (χ2v) is 4.63. The highest BCUT2D eigenvalue weighted by Crippen LogP contribution is 2.38.